The van der Waals surface area contributed by atoms with Crippen molar-refractivity contribution in [1.82, 2.24) is 0 Å². The molecule has 1 unspecified atom stereocenters. The number of carbonyl (C=O) groups is 2. The minimum Gasteiger partial charge on any atom is -0.476 e. The summed E-state index contributed by atoms with van der Waals surface area (Å²) in [5.74, 6) is 0.257. The van der Waals surface area contributed by atoms with Crippen LogP contribution in [0.1, 0.15) is 36.7 Å². The first kappa shape index (κ1) is 17.5. The topological polar surface area (TPSA) is 46.6 Å². The van der Waals surface area contributed by atoms with Crippen molar-refractivity contribution in [3.63, 3.8) is 0 Å². The molecule has 0 spiro atoms. The summed E-state index contributed by atoms with van der Waals surface area (Å²) in [5.41, 5.74) is 1.10. The van der Waals surface area contributed by atoms with Crippen molar-refractivity contribution in [3.8, 4) is 5.75 Å². The average Bonchev–Trinajstić information content (AvgIpc) is 2.58. The van der Waals surface area contributed by atoms with Gasteiger partial charge in [-0.1, -0.05) is 30.3 Å². The zero-order valence-electron chi connectivity index (χ0n) is 14.5. The van der Waals surface area contributed by atoms with E-state index in [4.69, 9.17) is 16.3 Å². The number of alkyl halides is 1. The van der Waals surface area contributed by atoms with Gasteiger partial charge in [-0.2, -0.15) is 0 Å². The summed E-state index contributed by atoms with van der Waals surface area (Å²) in [4.78, 5) is 26.8. The fourth-order valence-corrected chi connectivity index (χ4v) is 3.00. The molecule has 0 aliphatic carbocycles. The number of fused-ring (bicyclic) bond motifs is 1. The van der Waals surface area contributed by atoms with E-state index >= 15 is 0 Å². The number of amides is 1. The van der Waals surface area contributed by atoms with Crippen molar-refractivity contribution in [2.75, 3.05) is 4.90 Å². The first-order chi connectivity index (χ1) is 11.8. The largest absolute Gasteiger partial charge is 0.476 e. The van der Waals surface area contributed by atoms with Gasteiger partial charge in [-0.05, 0) is 44.5 Å². The number of nitrogens with zero attached hydrogens (tertiary/aromatic N) is 1. The van der Waals surface area contributed by atoms with Gasteiger partial charge < -0.3 is 9.64 Å². The number of Topliss-reactive ketones (excluding diaryl/α,β-unsaturated/α-hetero) is 1. The fourth-order valence-electron chi connectivity index (χ4n) is 2.87. The highest BCUT2D eigenvalue weighted by molar-refractivity contribution is 6.33. The Morgan fingerprint density at radius 3 is 2.52 bits per heavy atom. The molecule has 0 aromatic heterocycles. The maximum absolute atomic E-state index is 12.9. The number of carbonyl (C=O) groups excluding carboxylic acids is 2. The van der Waals surface area contributed by atoms with E-state index in [1.165, 1.54) is 0 Å². The molecule has 0 fully saturated rings. The van der Waals surface area contributed by atoms with Crippen LogP contribution in [-0.2, 0) is 11.3 Å². The lowest BCUT2D eigenvalue weighted by Gasteiger charge is -2.39. The van der Waals surface area contributed by atoms with Crippen LogP contribution >= 0.6 is 11.6 Å². The highest BCUT2D eigenvalue weighted by Gasteiger charge is 2.41. The van der Waals surface area contributed by atoms with Gasteiger partial charge in [-0.3, -0.25) is 9.59 Å². The van der Waals surface area contributed by atoms with Gasteiger partial charge in [0.15, 0.2) is 11.4 Å². The molecule has 25 heavy (non-hydrogen) atoms. The van der Waals surface area contributed by atoms with Crippen molar-refractivity contribution in [2.45, 2.75) is 38.3 Å². The molecule has 1 aliphatic rings. The number of halogens is 1. The number of hydrogen-bond acceptors (Lipinski definition) is 3. The molecule has 2 aromatic rings. The van der Waals surface area contributed by atoms with Crippen LogP contribution < -0.4 is 9.64 Å². The average molecular weight is 358 g/mol. The Bertz CT molecular complexity index is 815. The third kappa shape index (κ3) is 3.40. The summed E-state index contributed by atoms with van der Waals surface area (Å²) in [7, 11) is 0. The Morgan fingerprint density at radius 2 is 1.88 bits per heavy atom. The molecule has 0 saturated carbocycles. The van der Waals surface area contributed by atoms with Crippen LogP contribution in [0.5, 0.6) is 5.75 Å². The van der Waals surface area contributed by atoms with Gasteiger partial charge in [0.2, 0.25) is 0 Å². The van der Waals surface area contributed by atoms with E-state index in [9.17, 15) is 9.59 Å². The second kappa shape index (κ2) is 6.52. The molecule has 1 atom stereocenters. The number of rotatable bonds is 4. The van der Waals surface area contributed by atoms with E-state index in [0.717, 1.165) is 5.56 Å². The summed E-state index contributed by atoms with van der Waals surface area (Å²) in [5, 5.41) is -0.628. The highest BCUT2D eigenvalue weighted by Crippen LogP contribution is 2.39. The molecule has 1 amide bonds. The molecule has 2 aromatic carbocycles. The van der Waals surface area contributed by atoms with Crippen LogP contribution in [0.4, 0.5) is 5.69 Å². The Hall–Kier alpha value is -2.33. The van der Waals surface area contributed by atoms with Crippen molar-refractivity contribution in [2.24, 2.45) is 0 Å². The fraction of sp³-hybridized carbons (Fsp3) is 0.300. The number of ketones is 1. The standard InChI is InChI=1S/C20H20ClNO3/c1-13(21)18(23)15-9-10-17-16(11-15)22(19(24)20(2,3)25-17)12-14-7-5-4-6-8-14/h4-11,13H,12H2,1-3H3. The van der Waals surface area contributed by atoms with Crippen LogP contribution in [0.25, 0.3) is 0 Å². The quantitative estimate of drug-likeness (QED) is 0.608. The second-order valence-electron chi connectivity index (χ2n) is 6.65. The van der Waals surface area contributed by atoms with E-state index < -0.39 is 11.0 Å². The number of ether oxygens (including phenoxy) is 1. The summed E-state index contributed by atoms with van der Waals surface area (Å²) < 4.78 is 5.86. The Kier molecular flexibility index (Phi) is 4.56. The van der Waals surface area contributed by atoms with Crippen LogP contribution in [0.15, 0.2) is 48.5 Å². The summed E-state index contributed by atoms with van der Waals surface area (Å²) >= 11 is 5.92. The smallest absolute Gasteiger partial charge is 0.271 e. The summed E-state index contributed by atoms with van der Waals surface area (Å²) in [6.07, 6.45) is 0. The Labute approximate surface area is 152 Å². The summed E-state index contributed by atoms with van der Waals surface area (Å²) in [6.45, 7) is 5.54. The maximum Gasteiger partial charge on any atom is 0.271 e. The first-order valence-corrected chi connectivity index (χ1v) is 8.60. The zero-order chi connectivity index (χ0) is 18.2. The van der Waals surface area contributed by atoms with E-state index in [2.05, 4.69) is 0 Å². The second-order valence-corrected chi connectivity index (χ2v) is 7.31. The molecule has 4 nitrogen and oxygen atoms in total. The molecule has 3 rings (SSSR count). The van der Waals surface area contributed by atoms with Gasteiger partial charge >= 0.3 is 0 Å². The molecular formula is C20H20ClNO3. The van der Waals surface area contributed by atoms with Gasteiger partial charge in [-0.25, -0.2) is 0 Å². The van der Waals surface area contributed by atoms with E-state index in [-0.39, 0.29) is 11.7 Å². The third-order valence-corrected chi connectivity index (χ3v) is 4.40. The van der Waals surface area contributed by atoms with Gasteiger partial charge in [0, 0.05) is 5.56 Å². The SMILES string of the molecule is CC(Cl)C(=O)c1ccc2c(c1)N(Cc1ccccc1)C(=O)C(C)(C)O2. The Morgan fingerprint density at radius 1 is 1.20 bits per heavy atom. The molecule has 130 valence electrons. The van der Waals surface area contributed by atoms with Gasteiger partial charge in [0.1, 0.15) is 5.75 Å². The normalized spacial score (nSPS) is 16.8. The number of anilines is 1. The molecule has 1 heterocycles. The first-order valence-electron chi connectivity index (χ1n) is 8.17. The zero-order valence-corrected chi connectivity index (χ0v) is 15.2. The monoisotopic (exact) mass is 357 g/mol. The molecular weight excluding hydrogens is 338 g/mol. The van der Waals surface area contributed by atoms with Crippen molar-refractivity contribution in [1.29, 1.82) is 0 Å². The van der Waals surface area contributed by atoms with Crippen molar-refractivity contribution in [3.05, 3.63) is 59.7 Å². The van der Waals surface area contributed by atoms with Crippen molar-refractivity contribution < 1.29 is 14.3 Å². The minimum atomic E-state index is -0.965. The number of hydrogen-bond donors (Lipinski definition) is 0. The lowest BCUT2D eigenvalue weighted by Crippen LogP contribution is -2.52. The van der Waals surface area contributed by atoms with Crippen LogP contribution in [0.2, 0.25) is 0 Å². The van der Waals surface area contributed by atoms with Gasteiger partial charge in [0.25, 0.3) is 5.91 Å². The van der Waals surface area contributed by atoms with Crippen LogP contribution in [0.3, 0.4) is 0 Å². The highest BCUT2D eigenvalue weighted by atomic mass is 35.5. The van der Waals surface area contributed by atoms with Crippen molar-refractivity contribution >= 4 is 29.0 Å². The molecule has 0 radical (unpaired) electrons. The lowest BCUT2D eigenvalue weighted by atomic mass is 10.0. The molecule has 0 N–H and O–H groups in total. The van der Waals surface area contributed by atoms with Gasteiger partial charge in [0.05, 0.1) is 17.6 Å². The summed E-state index contributed by atoms with van der Waals surface area (Å²) in [6, 6.07) is 14.8. The van der Waals surface area contributed by atoms with Crippen LogP contribution in [-0.4, -0.2) is 22.7 Å². The van der Waals surface area contributed by atoms with Gasteiger partial charge in [-0.15, -0.1) is 11.6 Å². The predicted octanol–water partition coefficient (Wildman–Crippen LogP) is 4.20. The molecule has 0 bridgehead atoms. The van der Waals surface area contributed by atoms with E-state index in [0.29, 0.717) is 23.5 Å². The maximum atomic E-state index is 12.9. The lowest BCUT2D eigenvalue weighted by molar-refractivity contribution is -0.132. The predicted molar refractivity (Wildman–Crippen MR) is 98.4 cm³/mol. The third-order valence-electron chi connectivity index (χ3n) is 4.20. The van der Waals surface area contributed by atoms with Crippen LogP contribution in [0, 0.1) is 0 Å². The van der Waals surface area contributed by atoms with E-state index in [1.807, 2.05) is 30.3 Å². The molecule has 1 aliphatic heterocycles. The molecule has 0 saturated heterocycles. The molecule has 5 heteroatoms. The Balaban J connectivity index is 2.06. The number of benzene rings is 2. The minimum absolute atomic E-state index is 0.146. The van der Waals surface area contributed by atoms with E-state index in [1.54, 1.807) is 43.9 Å².